The average Bonchev–Trinajstić information content (AvgIpc) is 1.84. The Morgan fingerprint density at radius 2 is 1.64 bits per heavy atom. The van der Waals surface area contributed by atoms with Crippen LogP contribution in [0, 0.1) is 0 Å². The average molecular weight is 158 g/mol. The summed E-state index contributed by atoms with van der Waals surface area (Å²) in [7, 11) is 0. The highest BCUT2D eigenvalue weighted by Crippen LogP contribution is 1.96. The number of carboxylic acid groups (broad SMARTS) is 2. The Bertz CT molecular complexity index is 227. The van der Waals surface area contributed by atoms with E-state index in [0.29, 0.717) is 0 Å². The van der Waals surface area contributed by atoms with E-state index in [1.165, 1.54) is 0 Å². The summed E-state index contributed by atoms with van der Waals surface area (Å²) in [5.41, 5.74) is -0.701. The molecule has 0 fully saturated rings. The molecule has 0 saturated carbocycles. The maximum absolute atomic E-state index is 10.5. The van der Waals surface area contributed by atoms with Crippen LogP contribution in [0.3, 0.4) is 0 Å². The Labute approximate surface area is 61.9 Å². The van der Waals surface area contributed by atoms with Gasteiger partial charge >= 0.3 is 11.9 Å². The molecule has 0 spiro atoms. The molecule has 0 radical (unpaired) electrons. The summed E-state index contributed by atoms with van der Waals surface area (Å²) in [6.45, 7) is 2.89. The molecule has 0 amide bonds. The minimum atomic E-state index is -1.49. The first-order chi connectivity index (χ1) is 4.95. The molecule has 0 aromatic rings. The monoisotopic (exact) mass is 158 g/mol. The lowest BCUT2D eigenvalue weighted by Crippen LogP contribution is -2.14. The first-order valence-electron chi connectivity index (χ1n) is 2.62. The normalized spacial score (nSPS) is 8.73. The van der Waals surface area contributed by atoms with Gasteiger partial charge < -0.3 is 10.2 Å². The molecule has 5 heteroatoms. The third-order valence-electron chi connectivity index (χ3n) is 0.907. The van der Waals surface area contributed by atoms with Gasteiger partial charge in [0.1, 0.15) is 6.42 Å². The van der Waals surface area contributed by atoms with Crippen LogP contribution in [-0.4, -0.2) is 27.9 Å². The van der Waals surface area contributed by atoms with Crippen LogP contribution in [0.1, 0.15) is 6.42 Å². The molecular weight excluding hydrogens is 152 g/mol. The first kappa shape index (κ1) is 9.35. The van der Waals surface area contributed by atoms with Crippen molar-refractivity contribution in [3.05, 3.63) is 12.2 Å². The summed E-state index contributed by atoms with van der Waals surface area (Å²) < 4.78 is 0. The van der Waals surface area contributed by atoms with Crippen LogP contribution < -0.4 is 0 Å². The van der Waals surface area contributed by atoms with Gasteiger partial charge in [0.2, 0.25) is 0 Å². The maximum atomic E-state index is 10.5. The van der Waals surface area contributed by atoms with Crippen molar-refractivity contribution in [3.8, 4) is 0 Å². The summed E-state index contributed by atoms with van der Waals surface area (Å²) >= 11 is 0. The number of carbonyl (C=O) groups is 3. The van der Waals surface area contributed by atoms with Crippen molar-refractivity contribution in [2.24, 2.45) is 0 Å². The summed E-state index contributed by atoms with van der Waals surface area (Å²) in [5.74, 6) is -3.83. The quantitative estimate of drug-likeness (QED) is 0.332. The van der Waals surface area contributed by atoms with Crippen molar-refractivity contribution >= 4 is 17.7 Å². The third kappa shape index (κ3) is 3.14. The van der Waals surface area contributed by atoms with Crippen LogP contribution in [0.5, 0.6) is 0 Å². The fraction of sp³-hybridized carbons (Fsp3) is 0.167. The topological polar surface area (TPSA) is 91.7 Å². The van der Waals surface area contributed by atoms with Crippen LogP contribution in [-0.2, 0) is 14.4 Å². The minimum Gasteiger partial charge on any atom is -0.481 e. The van der Waals surface area contributed by atoms with Crippen LogP contribution in [0.2, 0.25) is 0 Å². The number of Topliss-reactive ketones (excluding diaryl/α,β-unsaturated/α-hetero) is 1. The number of hydrogen-bond donors (Lipinski definition) is 2. The van der Waals surface area contributed by atoms with Gasteiger partial charge in [0.15, 0.2) is 5.78 Å². The molecule has 0 aliphatic heterocycles. The number of rotatable bonds is 4. The van der Waals surface area contributed by atoms with Gasteiger partial charge in [-0.2, -0.15) is 0 Å². The van der Waals surface area contributed by atoms with E-state index in [2.05, 4.69) is 6.58 Å². The summed E-state index contributed by atoms with van der Waals surface area (Å²) in [6, 6.07) is 0. The van der Waals surface area contributed by atoms with E-state index in [4.69, 9.17) is 10.2 Å². The molecule has 0 atom stereocenters. The molecule has 0 rings (SSSR count). The Balaban J connectivity index is 4.16. The van der Waals surface area contributed by atoms with E-state index < -0.39 is 29.7 Å². The highest BCUT2D eigenvalue weighted by atomic mass is 16.4. The van der Waals surface area contributed by atoms with Gasteiger partial charge in [-0.15, -0.1) is 0 Å². The first-order valence-corrected chi connectivity index (χ1v) is 2.62. The zero-order chi connectivity index (χ0) is 9.02. The molecule has 0 aliphatic carbocycles. The molecule has 0 aliphatic rings. The Kier molecular flexibility index (Phi) is 2.98. The number of ketones is 1. The van der Waals surface area contributed by atoms with Gasteiger partial charge in [-0.05, 0) is 0 Å². The van der Waals surface area contributed by atoms with Gasteiger partial charge in [-0.1, -0.05) is 6.58 Å². The van der Waals surface area contributed by atoms with Crippen molar-refractivity contribution in [1.82, 2.24) is 0 Å². The largest absolute Gasteiger partial charge is 0.481 e. The van der Waals surface area contributed by atoms with Crippen molar-refractivity contribution < 1.29 is 24.6 Å². The molecule has 0 aromatic carbocycles. The summed E-state index contributed by atoms with van der Waals surface area (Å²) in [4.78, 5) is 30.4. The standard InChI is InChI=1S/C6H6O5/c1-3(6(10)11)4(7)2-5(8)9/h1-2H2,(H,8,9)(H,10,11). The molecule has 0 saturated heterocycles. The molecule has 0 unspecified atom stereocenters. The van der Waals surface area contributed by atoms with E-state index >= 15 is 0 Å². The SMILES string of the molecule is C=C(C(=O)O)C(=O)CC(=O)O. The highest BCUT2D eigenvalue weighted by Gasteiger charge is 2.16. The Hall–Kier alpha value is -1.65. The molecular formula is C6H6O5. The summed E-state index contributed by atoms with van der Waals surface area (Å²) in [5, 5.41) is 16.2. The van der Waals surface area contributed by atoms with E-state index in [1.54, 1.807) is 0 Å². The molecule has 0 aromatic heterocycles. The van der Waals surface area contributed by atoms with Crippen LogP contribution in [0.4, 0.5) is 0 Å². The lowest BCUT2D eigenvalue weighted by Gasteiger charge is -1.93. The van der Waals surface area contributed by atoms with Crippen molar-refractivity contribution in [1.29, 1.82) is 0 Å². The van der Waals surface area contributed by atoms with Gasteiger partial charge in [0.05, 0.1) is 5.57 Å². The van der Waals surface area contributed by atoms with Crippen molar-refractivity contribution in [2.45, 2.75) is 6.42 Å². The third-order valence-corrected chi connectivity index (χ3v) is 0.907. The van der Waals surface area contributed by atoms with Gasteiger partial charge in [0, 0.05) is 0 Å². The maximum Gasteiger partial charge on any atom is 0.338 e. The predicted octanol–water partition coefficient (Wildman–Crippen LogP) is -0.329. The molecule has 60 valence electrons. The Morgan fingerprint density at radius 1 is 1.18 bits per heavy atom. The zero-order valence-corrected chi connectivity index (χ0v) is 5.53. The molecule has 11 heavy (non-hydrogen) atoms. The van der Waals surface area contributed by atoms with Gasteiger partial charge in [-0.25, -0.2) is 4.79 Å². The van der Waals surface area contributed by atoms with Crippen molar-refractivity contribution in [3.63, 3.8) is 0 Å². The number of hydrogen-bond acceptors (Lipinski definition) is 3. The van der Waals surface area contributed by atoms with Crippen LogP contribution in [0.25, 0.3) is 0 Å². The zero-order valence-electron chi connectivity index (χ0n) is 5.53. The van der Waals surface area contributed by atoms with E-state index in [-0.39, 0.29) is 0 Å². The number of carbonyl (C=O) groups excluding carboxylic acids is 1. The molecule has 2 N–H and O–H groups in total. The summed E-state index contributed by atoms with van der Waals surface area (Å²) in [6.07, 6.45) is -0.828. The lowest BCUT2D eigenvalue weighted by atomic mass is 10.1. The second-order valence-corrected chi connectivity index (χ2v) is 1.78. The second kappa shape index (κ2) is 3.50. The fourth-order valence-electron chi connectivity index (χ4n) is 0.363. The molecule has 5 nitrogen and oxygen atoms in total. The fourth-order valence-corrected chi connectivity index (χ4v) is 0.363. The van der Waals surface area contributed by atoms with E-state index in [1.807, 2.05) is 0 Å². The smallest absolute Gasteiger partial charge is 0.338 e. The molecule has 0 heterocycles. The predicted molar refractivity (Wildman–Crippen MR) is 34.0 cm³/mol. The van der Waals surface area contributed by atoms with E-state index in [0.717, 1.165) is 0 Å². The highest BCUT2D eigenvalue weighted by molar-refractivity contribution is 6.19. The van der Waals surface area contributed by atoms with E-state index in [9.17, 15) is 14.4 Å². The molecule has 0 bridgehead atoms. The number of carboxylic acids is 2. The number of aliphatic carboxylic acids is 2. The van der Waals surface area contributed by atoms with Gasteiger partial charge in [0.25, 0.3) is 0 Å². The van der Waals surface area contributed by atoms with Crippen LogP contribution in [0.15, 0.2) is 12.2 Å². The Morgan fingerprint density at radius 3 is 1.91 bits per heavy atom. The minimum absolute atomic E-state index is 0.701. The lowest BCUT2D eigenvalue weighted by molar-refractivity contribution is -0.140. The van der Waals surface area contributed by atoms with Gasteiger partial charge in [-0.3, -0.25) is 9.59 Å². The second-order valence-electron chi connectivity index (χ2n) is 1.78. The van der Waals surface area contributed by atoms with Crippen LogP contribution >= 0.6 is 0 Å². The van der Waals surface area contributed by atoms with Crippen molar-refractivity contribution in [2.75, 3.05) is 0 Å².